The van der Waals surface area contributed by atoms with E-state index < -0.39 is 10.0 Å². The molecule has 1 atom stereocenters. The van der Waals surface area contributed by atoms with E-state index in [0.29, 0.717) is 18.0 Å². The lowest BCUT2D eigenvalue weighted by molar-refractivity contribution is 0.268. The summed E-state index contributed by atoms with van der Waals surface area (Å²) >= 11 is 0. The van der Waals surface area contributed by atoms with Crippen LogP contribution in [0.4, 0.5) is 0 Å². The Morgan fingerprint density at radius 2 is 2.09 bits per heavy atom. The van der Waals surface area contributed by atoms with E-state index in [2.05, 4.69) is 6.92 Å². The lowest BCUT2D eigenvalue weighted by atomic mass is 10.1. The molecule has 1 unspecified atom stereocenters. The summed E-state index contributed by atoms with van der Waals surface area (Å²) in [7, 11) is -3.40. The third-order valence-corrected chi connectivity index (χ3v) is 6.26. The Balaban J connectivity index is 2.19. The van der Waals surface area contributed by atoms with E-state index in [1.165, 1.54) is 0 Å². The van der Waals surface area contributed by atoms with Crippen LogP contribution >= 0.6 is 0 Å². The van der Waals surface area contributed by atoms with Crippen LogP contribution in [0.15, 0.2) is 23.1 Å². The lowest BCUT2D eigenvalue weighted by Gasteiger charge is -2.32. The lowest BCUT2D eigenvalue weighted by Crippen LogP contribution is -2.41. The Morgan fingerprint density at radius 1 is 1.32 bits per heavy atom. The van der Waals surface area contributed by atoms with Crippen molar-refractivity contribution in [3.8, 4) is 5.75 Å². The van der Waals surface area contributed by atoms with Crippen LogP contribution in [-0.2, 0) is 10.0 Å². The molecule has 4 nitrogen and oxygen atoms in total. The highest BCUT2D eigenvalue weighted by Gasteiger charge is 2.31. The first kappa shape index (κ1) is 17.3. The van der Waals surface area contributed by atoms with Gasteiger partial charge in [0.25, 0.3) is 0 Å². The van der Waals surface area contributed by atoms with Crippen LogP contribution in [0.3, 0.4) is 0 Å². The van der Waals surface area contributed by atoms with E-state index >= 15 is 0 Å². The zero-order chi connectivity index (χ0) is 16.2. The molecular weight excluding hydrogens is 298 g/mol. The molecule has 1 fully saturated rings. The number of sulfonamides is 1. The van der Waals surface area contributed by atoms with Crippen molar-refractivity contribution < 1.29 is 13.2 Å². The van der Waals surface area contributed by atoms with Gasteiger partial charge >= 0.3 is 0 Å². The average Bonchev–Trinajstić information content (AvgIpc) is 2.49. The minimum absolute atomic E-state index is 0.0829. The molecule has 0 bridgehead atoms. The van der Waals surface area contributed by atoms with Crippen molar-refractivity contribution in [3.05, 3.63) is 23.8 Å². The second-order valence-electron chi connectivity index (χ2n) is 6.09. The molecule has 1 saturated heterocycles. The Morgan fingerprint density at radius 3 is 2.73 bits per heavy atom. The van der Waals surface area contributed by atoms with Crippen molar-refractivity contribution in [1.29, 1.82) is 0 Å². The van der Waals surface area contributed by atoms with Crippen LogP contribution in [0.25, 0.3) is 0 Å². The quantitative estimate of drug-likeness (QED) is 0.749. The third-order valence-electron chi connectivity index (χ3n) is 4.25. The van der Waals surface area contributed by atoms with Crippen LogP contribution in [0.2, 0.25) is 0 Å². The molecule has 0 radical (unpaired) electrons. The van der Waals surface area contributed by atoms with Gasteiger partial charge in [0.05, 0.1) is 11.5 Å². The number of unbranched alkanes of at least 4 members (excludes halogenated alkanes) is 1. The topological polar surface area (TPSA) is 46.6 Å². The highest BCUT2D eigenvalue weighted by Crippen LogP contribution is 2.28. The van der Waals surface area contributed by atoms with Gasteiger partial charge in [-0.05, 0) is 56.9 Å². The molecule has 1 heterocycles. The monoisotopic (exact) mass is 325 g/mol. The van der Waals surface area contributed by atoms with E-state index in [-0.39, 0.29) is 6.04 Å². The summed E-state index contributed by atoms with van der Waals surface area (Å²) in [6, 6.07) is 5.27. The van der Waals surface area contributed by atoms with Gasteiger partial charge in [-0.2, -0.15) is 4.31 Å². The van der Waals surface area contributed by atoms with Gasteiger partial charge in [0.2, 0.25) is 10.0 Å². The Labute approximate surface area is 134 Å². The maximum absolute atomic E-state index is 12.8. The molecule has 0 saturated carbocycles. The summed E-state index contributed by atoms with van der Waals surface area (Å²) in [5.74, 6) is 0.777. The van der Waals surface area contributed by atoms with Crippen LogP contribution in [-0.4, -0.2) is 31.9 Å². The summed E-state index contributed by atoms with van der Waals surface area (Å²) in [5, 5.41) is 0. The molecule has 1 aliphatic rings. The van der Waals surface area contributed by atoms with Crippen molar-refractivity contribution in [3.63, 3.8) is 0 Å². The maximum Gasteiger partial charge on any atom is 0.243 e. The molecule has 1 aromatic carbocycles. The van der Waals surface area contributed by atoms with Crippen molar-refractivity contribution in [1.82, 2.24) is 4.31 Å². The molecule has 0 aromatic heterocycles. The highest BCUT2D eigenvalue weighted by molar-refractivity contribution is 7.89. The molecule has 22 heavy (non-hydrogen) atoms. The molecule has 2 rings (SSSR count). The van der Waals surface area contributed by atoms with Crippen molar-refractivity contribution in [2.75, 3.05) is 13.2 Å². The zero-order valence-electron chi connectivity index (χ0n) is 13.8. The van der Waals surface area contributed by atoms with E-state index in [1.54, 1.807) is 22.5 Å². The third kappa shape index (κ3) is 3.82. The SMILES string of the molecule is CCCCOc1ccc(S(=O)(=O)N2CCCCC2C)cc1C. The normalized spacial score (nSPS) is 20.0. The first-order valence-electron chi connectivity index (χ1n) is 8.22. The predicted molar refractivity (Wildman–Crippen MR) is 88.8 cm³/mol. The second kappa shape index (κ2) is 7.47. The average molecular weight is 325 g/mol. The summed E-state index contributed by atoms with van der Waals surface area (Å²) in [6.07, 6.45) is 5.08. The largest absolute Gasteiger partial charge is 0.493 e. The van der Waals surface area contributed by atoms with Crippen LogP contribution in [0.1, 0.15) is 51.5 Å². The Kier molecular flexibility index (Phi) is 5.87. The van der Waals surface area contributed by atoms with Gasteiger partial charge in [0.1, 0.15) is 5.75 Å². The van der Waals surface area contributed by atoms with Gasteiger partial charge in [-0.3, -0.25) is 0 Å². The zero-order valence-corrected chi connectivity index (χ0v) is 14.7. The van der Waals surface area contributed by atoms with Crippen molar-refractivity contribution >= 4 is 10.0 Å². The van der Waals surface area contributed by atoms with Crippen LogP contribution < -0.4 is 4.74 Å². The molecule has 0 spiro atoms. The Bertz CT molecular complexity index is 598. The summed E-state index contributed by atoms with van der Waals surface area (Å²) < 4.78 is 33.0. The van der Waals surface area contributed by atoms with Crippen molar-refractivity contribution in [2.45, 2.75) is 63.8 Å². The number of ether oxygens (including phenoxy) is 1. The van der Waals surface area contributed by atoms with E-state index in [0.717, 1.165) is 43.4 Å². The molecule has 0 N–H and O–H groups in total. The van der Waals surface area contributed by atoms with Gasteiger partial charge in [0.15, 0.2) is 0 Å². The molecule has 1 aliphatic heterocycles. The van der Waals surface area contributed by atoms with Gasteiger partial charge in [-0.1, -0.05) is 19.8 Å². The highest BCUT2D eigenvalue weighted by atomic mass is 32.2. The van der Waals surface area contributed by atoms with Gasteiger partial charge in [0, 0.05) is 12.6 Å². The second-order valence-corrected chi connectivity index (χ2v) is 7.98. The number of hydrogen-bond acceptors (Lipinski definition) is 3. The summed E-state index contributed by atoms with van der Waals surface area (Å²) in [4.78, 5) is 0.376. The molecular formula is C17H27NO3S. The number of piperidine rings is 1. The van der Waals surface area contributed by atoms with E-state index in [1.807, 2.05) is 13.8 Å². The number of hydrogen-bond donors (Lipinski definition) is 0. The minimum atomic E-state index is -3.40. The van der Waals surface area contributed by atoms with E-state index in [9.17, 15) is 8.42 Å². The molecule has 0 amide bonds. The standard InChI is InChI=1S/C17H27NO3S/c1-4-5-12-21-17-10-9-16(13-14(17)2)22(19,20)18-11-7-6-8-15(18)3/h9-10,13,15H,4-8,11-12H2,1-3H3. The number of nitrogens with zero attached hydrogens (tertiary/aromatic N) is 1. The number of aryl methyl sites for hydroxylation is 1. The van der Waals surface area contributed by atoms with Gasteiger partial charge in [-0.25, -0.2) is 8.42 Å². The fourth-order valence-corrected chi connectivity index (χ4v) is 4.62. The summed E-state index contributed by atoms with van der Waals surface area (Å²) in [6.45, 7) is 7.31. The first-order valence-corrected chi connectivity index (χ1v) is 9.66. The maximum atomic E-state index is 12.8. The molecule has 1 aromatic rings. The smallest absolute Gasteiger partial charge is 0.243 e. The Hall–Kier alpha value is -1.07. The van der Waals surface area contributed by atoms with E-state index in [4.69, 9.17) is 4.74 Å². The number of rotatable bonds is 6. The fourth-order valence-electron chi connectivity index (χ4n) is 2.83. The fraction of sp³-hybridized carbons (Fsp3) is 0.647. The molecule has 5 heteroatoms. The van der Waals surface area contributed by atoms with Gasteiger partial charge < -0.3 is 4.74 Å². The van der Waals surface area contributed by atoms with Crippen LogP contribution in [0.5, 0.6) is 5.75 Å². The van der Waals surface area contributed by atoms with Crippen LogP contribution in [0, 0.1) is 6.92 Å². The molecule has 0 aliphatic carbocycles. The number of benzene rings is 1. The first-order chi connectivity index (χ1) is 10.5. The van der Waals surface area contributed by atoms with Crippen molar-refractivity contribution in [2.24, 2.45) is 0 Å². The molecule has 124 valence electrons. The minimum Gasteiger partial charge on any atom is -0.493 e. The summed E-state index contributed by atoms with van der Waals surface area (Å²) in [5.41, 5.74) is 0.877. The predicted octanol–water partition coefficient (Wildman–Crippen LogP) is 3.74. The van der Waals surface area contributed by atoms with Gasteiger partial charge in [-0.15, -0.1) is 0 Å².